The highest BCUT2D eigenvalue weighted by molar-refractivity contribution is 7.10. The van der Waals surface area contributed by atoms with E-state index in [2.05, 4.69) is 42.5 Å². The Morgan fingerprint density at radius 1 is 1.53 bits per heavy atom. The summed E-state index contributed by atoms with van der Waals surface area (Å²) in [6, 6.07) is 2.39. The molecular formula is C14H25N3OS. The highest BCUT2D eigenvalue weighted by Crippen LogP contribution is 2.36. The van der Waals surface area contributed by atoms with E-state index in [0.29, 0.717) is 0 Å². The molecule has 1 saturated heterocycles. The molecule has 0 aromatic carbocycles. The molecule has 1 aliphatic heterocycles. The summed E-state index contributed by atoms with van der Waals surface area (Å²) in [6.45, 7) is 10.3. The predicted molar refractivity (Wildman–Crippen MR) is 80.2 cm³/mol. The van der Waals surface area contributed by atoms with E-state index in [-0.39, 0.29) is 11.6 Å². The van der Waals surface area contributed by atoms with E-state index in [1.165, 1.54) is 10.4 Å². The van der Waals surface area contributed by atoms with Crippen LogP contribution < -0.4 is 11.3 Å². The van der Waals surface area contributed by atoms with Gasteiger partial charge in [0.25, 0.3) is 0 Å². The van der Waals surface area contributed by atoms with E-state index in [1.54, 1.807) is 11.3 Å². The number of ether oxygens (including phenoxy) is 1. The summed E-state index contributed by atoms with van der Waals surface area (Å²) in [6.07, 6.45) is 1.05. The largest absolute Gasteiger partial charge is 0.379 e. The fraction of sp³-hybridized carbons (Fsp3) is 0.714. The molecule has 2 rings (SSSR count). The van der Waals surface area contributed by atoms with Gasteiger partial charge in [-0.15, -0.1) is 11.3 Å². The Morgan fingerprint density at radius 2 is 2.21 bits per heavy atom. The van der Waals surface area contributed by atoms with Crippen molar-refractivity contribution >= 4 is 11.3 Å². The lowest BCUT2D eigenvalue weighted by Crippen LogP contribution is -2.58. The summed E-state index contributed by atoms with van der Waals surface area (Å²) in [5.74, 6) is 5.88. The summed E-state index contributed by atoms with van der Waals surface area (Å²) in [4.78, 5) is 3.84. The van der Waals surface area contributed by atoms with Crippen molar-refractivity contribution in [2.24, 2.45) is 5.84 Å². The molecular weight excluding hydrogens is 258 g/mol. The number of nitrogens with two attached hydrogens (primary N) is 1. The Morgan fingerprint density at radius 3 is 2.68 bits per heavy atom. The van der Waals surface area contributed by atoms with E-state index in [4.69, 9.17) is 10.6 Å². The molecule has 108 valence electrons. The first kappa shape index (κ1) is 14.9. The average Bonchev–Trinajstić information content (AvgIpc) is 2.86. The molecule has 2 atom stereocenters. The third-order valence-corrected chi connectivity index (χ3v) is 5.20. The van der Waals surface area contributed by atoms with Crippen molar-refractivity contribution in [3.8, 4) is 0 Å². The van der Waals surface area contributed by atoms with Crippen LogP contribution in [0.2, 0.25) is 0 Å². The van der Waals surface area contributed by atoms with Crippen LogP contribution in [0.25, 0.3) is 0 Å². The minimum Gasteiger partial charge on any atom is -0.379 e. The molecule has 0 amide bonds. The minimum atomic E-state index is 0.0199. The van der Waals surface area contributed by atoms with Crippen molar-refractivity contribution in [3.05, 3.63) is 21.9 Å². The molecule has 5 heteroatoms. The van der Waals surface area contributed by atoms with Crippen LogP contribution in [0.15, 0.2) is 11.4 Å². The third kappa shape index (κ3) is 3.01. The number of hydrogen-bond donors (Lipinski definition) is 2. The second kappa shape index (κ2) is 6.33. The number of nitrogens with zero attached hydrogens (tertiary/aromatic N) is 1. The predicted octanol–water partition coefficient (Wildman–Crippen LogP) is 2.06. The highest BCUT2D eigenvalue weighted by atomic mass is 32.1. The molecule has 2 heterocycles. The second-order valence-corrected chi connectivity index (χ2v) is 6.52. The van der Waals surface area contributed by atoms with E-state index < -0.39 is 0 Å². The van der Waals surface area contributed by atoms with Gasteiger partial charge in [0.15, 0.2) is 0 Å². The molecule has 2 unspecified atom stereocenters. The van der Waals surface area contributed by atoms with Gasteiger partial charge in [0.1, 0.15) is 0 Å². The zero-order chi connectivity index (χ0) is 13.9. The fourth-order valence-corrected chi connectivity index (χ4v) is 3.66. The van der Waals surface area contributed by atoms with E-state index in [0.717, 1.165) is 32.7 Å². The molecule has 0 bridgehead atoms. The maximum absolute atomic E-state index is 5.88. The molecule has 3 N–H and O–H groups in total. The average molecular weight is 283 g/mol. The molecule has 0 spiro atoms. The number of thiophene rings is 1. The molecule has 0 aliphatic carbocycles. The topological polar surface area (TPSA) is 50.5 Å². The number of hydrogen-bond acceptors (Lipinski definition) is 5. The van der Waals surface area contributed by atoms with Crippen LogP contribution in [0.5, 0.6) is 0 Å². The van der Waals surface area contributed by atoms with Gasteiger partial charge in [0.05, 0.1) is 19.3 Å². The van der Waals surface area contributed by atoms with Crippen molar-refractivity contribution in [2.75, 3.05) is 26.3 Å². The van der Waals surface area contributed by atoms with E-state index in [9.17, 15) is 0 Å². The Bertz CT molecular complexity index is 403. The smallest absolute Gasteiger partial charge is 0.0649 e. The van der Waals surface area contributed by atoms with Crippen LogP contribution in [0.1, 0.15) is 36.8 Å². The van der Waals surface area contributed by atoms with Gasteiger partial charge in [0, 0.05) is 23.5 Å². The zero-order valence-corrected chi connectivity index (χ0v) is 12.9. The number of hydrazine groups is 1. The van der Waals surface area contributed by atoms with E-state index >= 15 is 0 Å². The Kier molecular flexibility index (Phi) is 4.97. The third-order valence-electron chi connectivity index (χ3n) is 4.32. The van der Waals surface area contributed by atoms with Gasteiger partial charge in [-0.1, -0.05) is 6.92 Å². The van der Waals surface area contributed by atoms with Gasteiger partial charge in [-0.2, -0.15) is 0 Å². The van der Waals surface area contributed by atoms with Crippen LogP contribution in [0, 0.1) is 6.92 Å². The highest BCUT2D eigenvalue weighted by Gasteiger charge is 2.39. The van der Waals surface area contributed by atoms with Crippen molar-refractivity contribution in [2.45, 2.75) is 38.8 Å². The molecule has 1 fully saturated rings. The van der Waals surface area contributed by atoms with Crippen LogP contribution >= 0.6 is 11.3 Å². The summed E-state index contributed by atoms with van der Waals surface area (Å²) in [5, 5.41) is 2.22. The quantitative estimate of drug-likeness (QED) is 0.641. The van der Waals surface area contributed by atoms with Gasteiger partial charge >= 0.3 is 0 Å². The summed E-state index contributed by atoms with van der Waals surface area (Å²) < 4.78 is 5.47. The maximum Gasteiger partial charge on any atom is 0.0649 e. The molecule has 0 saturated carbocycles. The molecule has 0 radical (unpaired) electrons. The molecule has 19 heavy (non-hydrogen) atoms. The van der Waals surface area contributed by atoms with Crippen molar-refractivity contribution in [3.63, 3.8) is 0 Å². The summed E-state index contributed by atoms with van der Waals surface area (Å²) >= 11 is 1.78. The fourth-order valence-electron chi connectivity index (χ4n) is 2.93. The van der Waals surface area contributed by atoms with Gasteiger partial charge in [0.2, 0.25) is 0 Å². The summed E-state index contributed by atoms with van der Waals surface area (Å²) in [5.41, 5.74) is 4.36. The first-order chi connectivity index (χ1) is 9.11. The molecule has 4 nitrogen and oxygen atoms in total. The Balaban J connectivity index is 2.25. The molecule has 1 aromatic rings. The lowest BCUT2D eigenvalue weighted by Gasteiger charge is -2.47. The number of morpholine rings is 1. The van der Waals surface area contributed by atoms with Crippen molar-refractivity contribution < 1.29 is 4.74 Å². The molecule has 1 aromatic heterocycles. The summed E-state index contributed by atoms with van der Waals surface area (Å²) in [7, 11) is 0. The monoisotopic (exact) mass is 283 g/mol. The van der Waals surface area contributed by atoms with Crippen molar-refractivity contribution in [1.29, 1.82) is 0 Å². The van der Waals surface area contributed by atoms with Crippen LogP contribution in [0.4, 0.5) is 0 Å². The number of rotatable bonds is 5. The number of aryl methyl sites for hydroxylation is 1. The Labute approximate surface area is 119 Å². The van der Waals surface area contributed by atoms with E-state index in [1.807, 2.05) is 0 Å². The van der Waals surface area contributed by atoms with Gasteiger partial charge in [-0.3, -0.25) is 16.2 Å². The van der Waals surface area contributed by atoms with Crippen LogP contribution in [-0.2, 0) is 4.74 Å². The van der Waals surface area contributed by atoms with Crippen LogP contribution in [0.3, 0.4) is 0 Å². The van der Waals surface area contributed by atoms with Crippen molar-refractivity contribution in [1.82, 2.24) is 10.3 Å². The minimum absolute atomic E-state index is 0.0199. The van der Waals surface area contributed by atoms with Crippen LogP contribution in [-0.4, -0.2) is 36.7 Å². The number of nitrogens with one attached hydrogen (secondary N) is 1. The lowest BCUT2D eigenvalue weighted by molar-refractivity contribution is -0.0328. The maximum atomic E-state index is 5.88. The van der Waals surface area contributed by atoms with Gasteiger partial charge < -0.3 is 4.74 Å². The molecule has 1 aliphatic rings. The first-order valence-electron chi connectivity index (χ1n) is 6.95. The zero-order valence-electron chi connectivity index (χ0n) is 12.1. The van der Waals surface area contributed by atoms with Gasteiger partial charge in [-0.25, -0.2) is 0 Å². The Hall–Kier alpha value is -0.460. The first-order valence-corrected chi connectivity index (χ1v) is 7.83. The standard InChI is InChI=1S/C14H25N3OS/c1-4-14(3,17-5-7-18-8-6-17)13(16-15)12-9-11(2)19-10-12/h9-10,13,16H,4-8,15H2,1-3H3. The second-order valence-electron chi connectivity index (χ2n) is 5.40. The lowest BCUT2D eigenvalue weighted by atomic mass is 9.84. The normalized spacial score (nSPS) is 22.1. The van der Waals surface area contributed by atoms with Gasteiger partial charge in [-0.05, 0) is 37.3 Å². The SMILES string of the molecule is CCC(C)(C(NN)c1csc(C)c1)N1CCOCC1.